The molecule has 0 bridgehead atoms. The molecule has 1 saturated carbocycles. The van der Waals surface area contributed by atoms with Crippen LogP contribution in [-0.4, -0.2) is 26.7 Å². The molecular weight excluding hydrogens is 468 g/mol. The van der Waals surface area contributed by atoms with E-state index in [0.717, 1.165) is 24.1 Å². The average molecular weight is 491 g/mol. The summed E-state index contributed by atoms with van der Waals surface area (Å²) < 4.78 is 7.88. The molecule has 0 saturated heterocycles. The van der Waals surface area contributed by atoms with E-state index in [2.05, 4.69) is 15.5 Å². The van der Waals surface area contributed by atoms with Gasteiger partial charge in [0, 0.05) is 11.7 Å². The first-order valence-corrected chi connectivity index (χ1v) is 12.3. The fourth-order valence-electron chi connectivity index (χ4n) is 3.52. The molecule has 8 heteroatoms. The molecule has 0 radical (unpaired) electrons. The van der Waals surface area contributed by atoms with E-state index in [-0.39, 0.29) is 18.6 Å². The number of carbonyl (C=O) groups excluding carboxylic acids is 1. The number of aromatic nitrogens is 3. The highest BCUT2D eigenvalue weighted by Crippen LogP contribution is 2.37. The first-order chi connectivity index (χ1) is 16.7. The predicted molar refractivity (Wildman–Crippen MR) is 133 cm³/mol. The molecule has 0 unspecified atom stereocenters. The van der Waals surface area contributed by atoms with Gasteiger partial charge in [-0.3, -0.25) is 9.36 Å². The molecule has 1 aliphatic carbocycles. The van der Waals surface area contributed by atoms with Crippen molar-refractivity contribution in [2.45, 2.75) is 35.9 Å². The van der Waals surface area contributed by atoms with Crippen LogP contribution in [-0.2, 0) is 11.4 Å². The second-order valence-corrected chi connectivity index (χ2v) is 9.46. The van der Waals surface area contributed by atoms with Crippen molar-refractivity contribution in [3.8, 4) is 11.4 Å². The van der Waals surface area contributed by atoms with Gasteiger partial charge in [0.2, 0.25) is 5.91 Å². The average Bonchev–Trinajstić information content (AvgIpc) is 3.60. The highest BCUT2D eigenvalue weighted by molar-refractivity contribution is 8.00. The zero-order valence-electron chi connectivity index (χ0n) is 18.3. The molecular formula is C26H23ClN4O2S. The van der Waals surface area contributed by atoms with Crippen LogP contribution < -0.4 is 10.1 Å². The summed E-state index contributed by atoms with van der Waals surface area (Å²) in [7, 11) is 0. The standard InChI is InChI=1S/C26H23ClN4O2S/c27-21-13-7-8-14-22(21)33-17-23-29-30-26(31(23)20-11-5-2-6-12-20)34-24(18-9-3-1-4-10-18)25(32)28-19-15-16-19/h1-14,19,24H,15-17H2,(H,28,32)/t24-/m1/s1. The Kier molecular flexibility index (Phi) is 6.83. The Balaban J connectivity index is 1.47. The fourth-order valence-corrected chi connectivity index (χ4v) is 4.79. The van der Waals surface area contributed by atoms with Crippen LogP contribution in [0, 0.1) is 0 Å². The molecule has 1 amide bonds. The van der Waals surface area contributed by atoms with Gasteiger partial charge in [-0.15, -0.1) is 10.2 Å². The summed E-state index contributed by atoms with van der Waals surface area (Å²) in [6.45, 7) is 0.177. The molecule has 1 aliphatic rings. The van der Waals surface area contributed by atoms with Crippen molar-refractivity contribution in [3.05, 3.63) is 101 Å². The summed E-state index contributed by atoms with van der Waals surface area (Å²) >= 11 is 7.64. The molecule has 0 spiro atoms. The van der Waals surface area contributed by atoms with Crippen LogP contribution in [0.1, 0.15) is 29.5 Å². The Labute approximate surface area is 207 Å². The van der Waals surface area contributed by atoms with Crippen molar-refractivity contribution in [2.75, 3.05) is 0 Å². The third-order valence-corrected chi connectivity index (χ3v) is 6.90. The second kappa shape index (κ2) is 10.3. The summed E-state index contributed by atoms with van der Waals surface area (Å²) in [6, 6.07) is 27.2. The summed E-state index contributed by atoms with van der Waals surface area (Å²) in [6.07, 6.45) is 2.06. The smallest absolute Gasteiger partial charge is 0.238 e. The minimum Gasteiger partial charge on any atom is -0.484 e. The van der Waals surface area contributed by atoms with Crippen LogP contribution in [0.2, 0.25) is 5.02 Å². The molecule has 3 aromatic carbocycles. The van der Waals surface area contributed by atoms with E-state index in [9.17, 15) is 4.79 Å². The van der Waals surface area contributed by atoms with Crippen molar-refractivity contribution in [1.82, 2.24) is 20.1 Å². The van der Waals surface area contributed by atoms with Gasteiger partial charge in [-0.05, 0) is 42.7 Å². The van der Waals surface area contributed by atoms with Crippen molar-refractivity contribution < 1.29 is 9.53 Å². The number of hydrogen-bond donors (Lipinski definition) is 1. The molecule has 0 aliphatic heterocycles. The number of carbonyl (C=O) groups is 1. The molecule has 1 heterocycles. The lowest BCUT2D eigenvalue weighted by Crippen LogP contribution is -2.30. The molecule has 6 nitrogen and oxygen atoms in total. The van der Waals surface area contributed by atoms with E-state index in [1.807, 2.05) is 83.4 Å². The molecule has 1 atom stereocenters. The molecule has 1 fully saturated rings. The zero-order chi connectivity index (χ0) is 23.3. The van der Waals surface area contributed by atoms with Crippen molar-refractivity contribution >= 4 is 29.3 Å². The Morgan fingerprint density at radius 1 is 1.00 bits per heavy atom. The third-order valence-electron chi connectivity index (χ3n) is 5.40. The summed E-state index contributed by atoms with van der Waals surface area (Å²) in [4.78, 5) is 13.2. The van der Waals surface area contributed by atoms with E-state index in [1.54, 1.807) is 6.07 Å². The first-order valence-electron chi connectivity index (χ1n) is 11.1. The SMILES string of the molecule is O=C(NC1CC1)[C@H](Sc1nnc(COc2ccccc2Cl)n1-c1ccccc1)c1ccccc1. The van der Waals surface area contributed by atoms with Gasteiger partial charge in [0.1, 0.15) is 17.6 Å². The lowest BCUT2D eigenvalue weighted by atomic mass is 10.1. The number of para-hydroxylation sites is 2. The topological polar surface area (TPSA) is 69.0 Å². The quantitative estimate of drug-likeness (QED) is 0.309. The van der Waals surface area contributed by atoms with Crippen LogP contribution in [0.25, 0.3) is 5.69 Å². The number of thioether (sulfide) groups is 1. The van der Waals surface area contributed by atoms with E-state index in [0.29, 0.717) is 21.8 Å². The van der Waals surface area contributed by atoms with Crippen LogP contribution >= 0.6 is 23.4 Å². The predicted octanol–water partition coefficient (Wildman–Crippen LogP) is 5.61. The number of rotatable bonds is 9. The van der Waals surface area contributed by atoms with Gasteiger partial charge in [-0.25, -0.2) is 0 Å². The largest absolute Gasteiger partial charge is 0.484 e. The number of nitrogens with one attached hydrogen (secondary N) is 1. The Morgan fingerprint density at radius 2 is 1.68 bits per heavy atom. The maximum atomic E-state index is 13.2. The van der Waals surface area contributed by atoms with Crippen LogP contribution in [0.5, 0.6) is 5.75 Å². The molecule has 1 N–H and O–H groups in total. The normalized spacial score (nSPS) is 13.9. The van der Waals surface area contributed by atoms with Crippen molar-refractivity contribution in [3.63, 3.8) is 0 Å². The Morgan fingerprint density at radius 3 is 2.38 bits per heavy atom. The summed E-state index contributed by atoms with van der Waals surface area (Å²) in [5, 5.41) is 12.7. The number of amides is 1. The number of hydrogen-bond acceptors (Lipinski definition) is 5. The Hall–Kier alpha value is -3.29. The Bertz CT molecular complexity index is 1260. The third kappa shape index (κ3) is 5.26. The molecule has 4 aromatic rings. The zero-order valence-corrected chi connectivity index (χ0v) is 19.9. The van der Waals surface area contributed by atoms with E-state index in [1.165, 1.54) is 11.8 Å². The maximum absolute atomic E-state index is 13.2. The molecule has 5 rings (SSSR count). The fraction of sp³-hybridized carbons (Fsp3) is 0.192. The van der Waals surface area contributed by atoms with Gasteiger partial charge in [0.25, 0.3) is 0 Å². The summed E-state index contributed by atoms with van der Waals surface area (Å²) in [5.41, 5.74) is 1.81. The number of ether oxygens (including phenoxy) is 1. The maximum Gasteiger partial charge on any atom is 0.238 e. The van der Waals surface area contributed by atoms with Crippen molar-refractivity contribution in [2.24, 2.45) is 0 Å². The minimum atomic E-state index is -0.453. The van der Waals surface area contributed by atoms with Gasteiger partial charge in [-0.2, -0.15) is 0 Å². The van der Waals surface area contributed by atoms with E-state index >= 15 is 0 Å². The second-order valence-electron chi connectivity index (χ2n) is 7.98. The lowest BCUT2D eigenvalue weighted by Gasteiger charge is -2.17. The molecule has 1 aromatic heterocycles. The monoisotopic (exact) mass is 490 g/mol. The van der Waals surface area contributed by atoms with Gasteiger partial charge < -0.3 is 10.1 Å². The highest BCUT2D eigenvalue weighted by atomic mass is 35.5. The number of nitrogens with zero attached hydrogens (tertiary/aromatic N) is 3. The summed E-state index contributed by atoms with van der Waals surface area (Å²) in [5.74, 6) is 1.17. The first kappa shape index (κ1) is 22.5. The van der Waals surface area contributed by atoms with E-state index in [4.69, 9.17) is 16.3 Å². The van der Waals surface area contributed by atoms with Crippen LogP contribution in [0.4, 0.5) is 0 Å². The number of benzene rings is 3. The van der Waals surface area contributed by atoms with Crippen LogP contribution in [0.15, 0.2) is 90.1 Å². The van der Waals surface area contributed by atoms with Gasteiger partial charge in [0.05, 0.1) is 5.02 Å². The van der Waals surface area contributed by atoms with E-state index < -0.39 is 5.25 Å². The van der Waals surface area contributed by atoms with Gasteiger partial charge in [0.15, 0.2) is 11.0 Å². The minimum absolute atomic E-state index is 0.0184. The van der Waals surface area contributed by atoms with Crippen molar-refractivity contribution in [1.29, 1.82) is 0 Å². The van der Waals surface area contributed by atoms with Gasteiger partial charge >= 0.3 is 0 Å². The number of halogens is 1. The van der Waals surface area contributed by atoms with Crippen LogP contribution in [0.3, 0.4) is 0 Å². The highest BCUT2D eigenvalue weighted by Gasteiger charge is 2.31. The lowest BCUT2D eigenvalue weighted by molar-refractivity contribution is -0.120. The molecule has 172 valence electrons. The van der Waals surface area contributed by atoms with Gasteiger partial charge in [-0.1, -0.05) is 84.0 Å². The molecule has 34 heavy (non-hydrogen) atoms.